The molecular weight excluding hydrogens is 315 g/mol. The van der Waals surface area contributed by atoms with Gasteiger partial charge in [0.05, 0.1) is 30.0 Å². The van der Waals surface area contributed by atoms with Crippen LogP contribution in [0.25, 0.3) is 0 Å². The third kappa shape index (κ3) is 3.92. The molecule has 2 heterocycles. The molecule has 0 aliphatic carbocycles. The second kappa shape index (κ2) is 5.81. The van der Waals surface area contributed by atoms with Gasteiger partial charge < -0.3 is 13.8 Å². The van der Waals surface area contributed by atoms with Gasteiger partial charge in [0.2, 0.25) is 0 Å². The zero-order chi connectivity index (χ0) is 16.5. The summed E-state index contributed by atoms with van der Waals surface area (Å²) in [5.74, 6) is -0.707. The highest BCUT2D eigenvalue weighted by Crippen LogP contribution is 2.25. The molecular formula is C13H17FN2O5S. The van der Waals surface area contributed by atoms with Crippen LogP contribution < -0.4 is 4.18 Å². The van der Waals surface area contributed by atoms with Gasteiger partial charge in [-0.2, -0.15) is 8.42 Å². The molecule has 0 saturated carbocycles. The first-order valence-electron chi connectivity index (χ1n) is 6.61. The van der Waals surface area contributed by atoms with Crippen molar-refractivity contribution < 1.29 is 26.0 Å². The number of pyridine rings is 1. The van der Waals surface area contributed by atoms with Crippen LogP contribution in [0.3, 0.4) is 0 Å². The minimum Gasteiger partial charge on any atom is -0.374 e. The number of morpholine rings is 1. The van der Waals surface area contributed by atoms with Gasteiger partial charge in [0, 0.05) is 12.7 Å². The molecule has 7 nitrogen and oxygen atoms in total. The Bertz CT molecular complexity index is 677. The Kier molecular flexibility index (Phi) is 4.39. The standard InChI is InChI=1S/C13H17FN2O5S/c1-9-7-16(13(2,3)8-20-9)12(17)10-4-11(6-15-5-10)21-22(14,18)19/h4-6,9H,7-8H2,1-3H3. The summed E-state index contributed by atoms with van der Waals surface area (Å²) in [6, 6.07) is 1.14. The zero-order valence-electron chi connectivity index (χ0n) is 12.4. The minimum absolute atomic E-state index is 0.114. The highest BCUT2D eigenvalue weighted by Gasteiger charge is 2.37. The summed E-state index contributed by atoms with van der Waals surface area (Å²) in [6.07, 6.45) is 2.17. The molecule has 1 aliphatic rings. The number of hydrogen-bond acceptors (Lipinski definition) is 6. The number of carbonyl (C=O) groups excluding carboxylic acids is 1. The van der Waals surface area contributed by atoms with E-state index in [2.05, 4.69) is 9.17 Å². The fourth-order valence-electron chi connectivity index (χ4n) is 2.19. The Balaban J connectivity index is 2.27. The van der Waals surface area contributed by atoms with E-state index in [4.69, 9.17) is 4.74 Å². The Morgan fingerprint density at radius 1 is 1.50 bits per heavy atom. The monoisotopic (exact) mass is 332 g/mol. The van der Waals surface area contributed by atoms with E-state index < -0.39 is 16.0 Å². The lowest BCUT2D eigenvalue weighted by Crippen LogP contribution is -2.57. The molecule has 1 aromatic rings. The predicted molar refractivity (Wildman–Crippen MR) is 75.4 cm³/mol. The van der Waals surface area contributed by atoms with Gasteiger partial charge in [-0.15, -0.1) is 0 Å². The van der Waals surface area contributed by atoms with Gasteiger partial charge in [-0.1, -0.05) is 3.89 Å². The minimum atomic E-state index is -5.16. The van der Waals surface area contributed by atoms with Crippen molar-refractivity contribution in [3.8, 4) is 5.75 Å². The summed E-state index contributed by atoms with van der Waals surface area (Å²) in [6.45, 7) is 6.33. The number of hydrogen-bond donors (Lipinski definition) is 0. The number of ether oxygens (including phenoxy) is 1. The topological polar surface area (TPSA) is 85.8 Å². The fraction of sp³-hybridized carbons (Fsp3) is 0.538. The molecule has 1 aliphatic heterocycles. The number of rotatable bonds is 3. The van der Waals surface area contributed by atoms with E-state index in [1.165, 1.54) is 6.20 Å². The van der Waals surface area contributed by atoms with Crippen LogP contribution in [-0.4, -0.2) is 49.0 Å². The van der Waals surface area contributed by atoms with Crippen LogP contribution in [0.5, 0.6) is 5.75 Å². The molecule has 1 atom stereocenters. The van der Waals surface area contributed by atoms with Gasteiger partial charge in [-0.25, -0.2) is 0 Å². The van der Waals surface area contributed by atoms with Crippen molar-refractivity contribution in [2.45, 2.75) is 32.4 Å². The quantitative estimate of drug-likeness (QED) is 0.776. The van der Waals surface area contributed by atoms with E-state index in [-0.39, 0.29) is 23.3 Å². The summed E-state index contributed by atoms with van der Waals surface area (Å²) in [5, 5.41) is 0. The second-order valence-corrected chi connectivity index (χ2v) is 6.69. The summed E-state index contributed by atoms with van der Waals surface area (Å²) >= 11 is 0. The molecule has 1 aromatic heterocycles. The van der Waals surface area contributed by atoms with Crippen molar-refractivity contribution >= 4 is 16.4 Å². The average Bonchev–Trinajstić information content (AvgIpc) is 2.39. The number of carbonyl (C=O) groups is 1. The summed E-state index contributed by atoms with van der Waals surface area (Å²) in [7, 11) is -5.16. The first-order chi connectivity index (χ1) is 10.1. The van der Waals surface area contributed by atoms with Gasteiger partial charge in [-0.3, -0.25) is 9.78 Å². The van der Waals surface area contributed by atoms with Crippen LogP contribution in [0.15, 0.2) is 18.5 Å². The molecule has 0 aromatic carbocycles. The van der Waals surface area contributed by atoms with Gasteiger partial charge in [-0.05, 0) is 26.8 Å². The number of halogens is 1. The number of amides is 1. The summed E-state index contributed by atoms with van der Waals surface area (Å²) in [5.41, 5.74) is -0.407. The smallest absolute Gasteiger partial charge is 0.374 e. The Morgan fingerprint density at radius 2 is 2.18 bits per heavy atom. The predicted octanol–water partition coefficient (Wildman–Crippen LogP) is 1.31. The van der Waals surface area contributed by atoms with Crippen LogP contribution in [0, 0.1) is 0 Å². The van der Waals surface area contributed by atoms with Gasteiger partial charge in [0.1, 0.15) is 0 Å². The van der Waals surface area contributed by atoms with Gasteiger partial charge in [0.25, 0.3) is 5.91 Å². The zero-order valence-corrected chi connectivity index (χ0v) is 13.3. The number of nitrogens with zero attached hydrogens (tertiary/aromatic N) is 2. The molecule has 1 saturated heterocycles. The van der Waals surface area contributed by atoms with Gasteiger partial charge in [0.15, 0.2) is 5.75 Å². The second-order valence-electron chi connectivity index (χ2n) is 5.74. The first-order valence-corrected chi connectivity index (χ1v) is 7.92. The van der Waals surface area contributed by atoms with E-state index >= 15 is 0 Å². The van der Waals surface area contributed by atoms with E-state index in [0.29, 0.717) is 13.2 Å². The first kappa shape index (κ1) is 16.6. The van der Waals surface area contributed by atoms with Crippen LogP contribution in [0.1, 0.15) is 31.1 Å². The lowest BCUT2D eigenvalue weighted by molar-refractivity contribution is -0.0756. The average molecular weight is 332 g/mol. The van der Waals surface area contributed by atoms with Crippen molar-refractivity contribution in [1.82, 2.24) is 9.88 Å². The van der Waals surface area contributed by atoms with Crippen LogP contribution in [-0.2, 0) is 15.2 Å². The van der Waals surface area contributed by atoms with Crippen molar-refractivity contribution in [2.24, 2.45) is 0 Å². The third-order valence-corrected chi connectivity index (χ3v) is 3.68. The van der Waals surface area contributed by atoms with Crippen molar-refractivity contribution in [3.63, 3.8) is 0 Å². The Labute approximate surface area is 128 Å². The molecule has 122 valence electrons. The SMILES string of the molecule is CC1CN(C(=O)c2cncc(OS(=O)(=O)F)c2)C(C)(C)CO1. The highest BCUT2D eigenvalue weighted by atomic mass is 32.3. The Morgan fingerprint density at radius 3 is 2.82 bits per heavy atom. The number of aromatic nitrogens is 1. The van der Waals surface area contributed by atoms with Crippen LogP contribution in [0.2, 0.25) is 0 Å². The molecule has 0 bridgehead atoms. The molecule has 0 spiro atoms. The van der Waals surface area contributed by atoms with E-state index in [1.807, 2.05) is 20.8 Å². The molecule has 1 fully saturated rings. The fourth-order valence-corrected chi connectivity index (χ4v) is 2.51. The van der Waals surface area contributed by atoms with Crippen molar-refractivity contribution in [2.75, 3.05) is 13.2 Å². The molecule has 1 unspecified atom stereocenters. The van der Waals surface area contributed by atoms with E-state index in [9.17, 15) is 17.1 Å². The molecule has 1 amide bonds. The maximum Gasteiger partial charge on any atom is 0.488 e. The van der Waals surface area contributed by atoms with E-state index in [0.717, 1.165) is 12.3 Å². The molecule has 2 rings (SSSR count). The van der Waals surface area contributed by atoms with Crippen LogP contribution in [0.4, 0.5) is 3.89 Å². The molecule has 0 N–H and O–H groups in total. The summed E-state index contributed by atoms with van der Waals surface area (Å²) in [4.78, 5) is 17.9. The highest BCUT2D eigenvalue weighted by molar-refractivity contribution is 7.81. The van der Waals surface area contributed by atoms with Crippen LogP contribution >= 0.6 is 0 Å². The lowest BCUT2D eigenvalue weighted by atomic mass is 9.99. The maximum atomic E-state index is 12.6. The normalized spacial score (nSPS) is 21.5. The lowest BCUT2D eigenvalue weighted by Gasteiger charge is -2.44. The van der Waals surface area contributed by atoms with Crippen molar-refractivity contribution in [3.05, 3.63) is 24.0 Å². The molecule has 0 radical (unpaired) electrons. The largest absolute Gasteiger partial charge is 0.488 e. The van der Waals surface area contributed by atoms with E-state index in [1.54, 1.807) is 4.90 Å². The third-order valence-electron chi connectivity index (χ3n) is 3.29. The molecule has 22 heavy (non-hydrogen) atoms. The Hall–Kier alpha value is -1.74. The van der Waals surface area contributed by atoms with Crippen molar-refractivity contribution in [1.29, 1.82) is 0 Å². The maximum absolute atomic E-state index is 12.6. The van der Waals surface area contributed by atoms with Gasteiger partial charge >= 0.3 is 10.5 Å². The summed E-state index contributed by atoms with van der Waals surface area (Å²) < 4.78 is 43.2. The molecule has 9 heteroatoms.